The highest BCUT2D eigenvalue weighted by molar-refractivity contribution is 7.15. The number of hydrogen-bond acceptors (Lipinski definition) is 3. The number of benzene rings is 1. The van der Waals surface area contributed by atoms with Crippen LogP contribution in [0.4, 0.5) is 0 Å². The highest BCUT2D eigenvalue weighted by Gasteiger charge is 2.06. The van der Waals surface area contributed by atoms with Crippen molar-refractivity contribution in [2.45, 2.75) is 6.54 Å². The van der Waals surface area contributed by atoms with E-state index in [1.807, 2.05) is 46.6 Å². The average molecular weight is 278 g/mol. The molecular weight excluding hydrogens is 268 g/mol. The van der Waals surface area contributed by atoms with Crippen molar-refractivity contribution in [1.29, 1.82) is 5.26 Å². The second-order valence-electron chi connectivity index (χ2n) is 4.65. The van der Waals surface area contributed by atoms with Gasteiger partial charge in [0.25, 0.3) is 0 Å². The lowest BCUT2D eigenvalue weighted by Crippen LogP contribution is -1.98. The molecule has 0 atom stereocenters. The molecule has 0 aliphatic rings. The van der Waals surface area contributed by atoms with Crippen LogP contribution in [0, 0.1) is 11.3 Å². The van der Waals surface area contributed by atoms with Gasteiger partial charge in [-0.1, -0.05) is 6.07 Å². The summed E-state index contributed by atoms with van der Waals surface area (Å²) in [4.78, 5) is 5.60. The zero-order valence-electron chi connectivity index (χ0n) is 10.5. The molecule has 96 valence electrons. The SMILES string of the molecule is N#Cc1ccc2ccn(Cc3cn4ccsc4n3)c2c1. The molecule has 0 unspecified atom stereocenters. The van der Waals surface area contributed by atoms with Crippen molar-refractivity contribution >= 4 is 27.2 Å². The van der Waals surface area contributed by atoms with Gasteiger partial charge in [0.05, 0.1) is 23.9 Å². The highest BCUT2D eigenvalue weighted by Crippen LogP contribution is 2.19. The Balaban J connectivity index is 1.78. The molecular formula is C15H10N4S. The predicted molar refractivity (Wildman–Crippen MR) is 78.8 cm³/mol. The van der Waals surface area contributed by atoms with Crippen LogP contribution < -0.4 is 0 Å². The van der Waals surface area contributed by atoms with Gasteiger partial charge in [0.1, 0.15) is 0 Å². The summed E-state index contributed by atoms with van der Waals surface area (Å²) in [5, 5.41) is 12.2. The van der Waals surface area contributed by atoms with Crippen LogP contribution in [0.5, 0.6) is 0 Å². The lowest BCUT2D eigenvalue weighted by atomic mass is 10.2. The Morgan fingerprint density at radius 1 is 1.25 bits per heavy atom. The van der Waals surface area contributed by atoms with Crippen molar-refractivity contribution in [2.24, 2.45) is 0 Å². The Hall–Kier alpha value is -2.58. The zero-order valence-corrected chi connectivity index (χ0v) is 11.3. The molecule has 4 aromatic rings. The molecule has 20 heavy (non-hydrogen) atoms. The Morgan fingerprint density at radius 2 is 2.20 bits per heavy atom. The molecule has 3 heterocycles. The maximum Gasteiger partial charge on any atom is 0.193 e. The van der Waals surface area contributed by atoms with Crippen LogP contribution in [-0.2, 0) is 6.54 Å². The second kappa shape index (κ2) is 4.22. The van der Waals surface area contributed by atoms with E-state index >= 15 is 0 Å². The summed E-state index contributed by atoms with van der Waals surface area (Å²) in [6, 6.07) is 10.0. The van der Waals surface area contributed by atoms with E-state index in [2.05, 4.69) is 21.7 Å². The van der Waals surface area contributed by atoms with E-state index < -0.39 is 0 Å². The van der Waals surface area contributed by atoms with E-state index in [0.29, 0.717) is 12.1 Å². The van der Waals surface area contributed by atoms with Crippen molar-refractivity contribution in [3.8, 4) is 6.07 Å². The van der Waals surface area contributed by atoms with Crippen LogP contribution in [0.3, 0.4) is 0 Å². The van der Waals surface area contributed by atoms with Crippen molar-refractivity contribution in [3.63, 3.8) is 0 Å². The van der Waals surface area contributed by atoms with E-state index in [0.717, 1.165) is 21.6 Å². The molecule has 4 rings (SSSR count). The van der Waals surface area contributed by atoms with Crippen LogP contribution >= 0.6 is 11.3 Å². The molecule has 0 spiro atoms. The van der Waals surface area contributed by atoms with Crippen molar-refractivity contribution < 1.29 is 0 Å². The number of imidazole rings is 1. The summed E-state index contributed by atoms with van der Waals surface area (Å²) in [7, 11) is 0. The van der Waals surface area contributed by atoms with Gasteiger partial charge in [0.2, 0.25) is 0 Å². The van der Waals surface area contributed by atoms with Gasteiger partial charge in [0.15, 0.2) is 4.96 Å². The quantitative estimate of drug-likeness (QED) is 0.565. The molecule has 0 N–H and O–H groups in total. The average Bonchev–Trinajstić information content (AvgIpc) is 3.13. The summed E-state index contributed by atoms with van der Waals surface area (Å²) >= 11 is 1.63. The zero-order chi connectivity index (χ0) is 13.5. The first-order chi connectivity index (χ1) is 9.83. The second-order valence-corrected chi connectivity index (χ2v) is 5.53. The van der Waals surface area contributed by atoms with Gasteiger partial charge in [-0.15, -0.1) is 11.3 Å². The minimum atomic E-state index is 0.684. The van der Waals surface area contributed by atoms with E-state index in [9.17, 15) is 0 Å². The molecule has 0 amide bonds. The molecule has 0 bridgehead atoms. The van der Waals surface area contributed by atoms with Gasteiger partial charge >= 0.3 is 0 Å². The van der Waals surface area contributed by atoms with Gasteiger partial charge < -0.3 is 4.57 Å². The number of thiazole rings is 1. The molecule has 0 aliphatic heterocycles. The standard InChI is InChI=1S/C15H10N4S/c16-8-11-1-2-12-3-4-18(14(12)7-11)9-13-10-19-5-6-20-15(19)17-13/h1-7,10H,9H2. The third-order valence-corrected chi connectivity index (χ3v) is 4.15. The summed E-state index contributed by atoms with van der Waals surface area (Å²) in [5.74, 6) is 0. The van der Waals surface area contributed by atoms with E-state index in [1.165, 1.54) is 0 Å². The van der Waals surface area contributed by atoms with Crippen LogP contribution in [0.2, 0.25) is 0 Å². The fourth-order valence-corrected chi connectivity index (χ4v) is 3.14. The number of aromatic nitrogens is 3. The van der Waals surface area contributed by atoms with Crippen molar-refractivity contribution in [3.05, 3.63) is 59.5 Å². The Kier molecular flexibility index (Phi) is 2.38. The van der Waals surface area contributed by atoms with E-state index in [4.69, 9.17) is 5.26 Å². The van der Waals surface area contributed by atoms with Gasteiger partial charge in [0, 0.05) is 29.5 Å². The smallest absolute Gasteiger partial charge is 0.193 e. The lowest BCUT2D eigenvalue weighted by Gasteiger charge is -2.02. The first kappa shape index (κ1) is 11.3. The van der Waals surface area contributed by atoms with Gasteiger partial charge in [-0.25, -0.2) is 4.98 Å². The number of rotatable bonds is 2. The number of nitriles is 1. The first-order valence-electron chi connectivity index (χ1n) is 6.23. The Bertz CT molecular complexity index is 923. The summed E-state index contributed by atoms with van der Waals surface area (Å²) in [5.41, 5.74) is 2.78. The molecule has 0 saturated heterocycles. The molecule has 4 nitrogen and oxygen atoms in total. The largest absolute Gasteiger partial charge is 0.341 e. The minimum absolute atomic E-state index is 0.684. The Labute approximate surface area is 119 Å². The predicted octanol–water partition coefficient (Wildman–Crippen LogP) is 3.27. The van der Waals surface area contributed by atoms with Gasteiger partial charge in [-0.2, -0.15) is 5.26 Å². The summed E-state index contributed by atoms with van der Waals surface area (Å²) in [6.07, 6.45) is 6.10. The molecule has 0 aliphatic carbocycles. The monoisotopic (exact) mass is 278 g/mol. The van der Waals surface area contributed by atoms with Gasteiger partial charge in [-0.05, 0) is 23.6 Å². The maximum absolute atomic E-state index is 9.01. The first-order valence-corrected chi connectivity index (χ1v) is 7.11. The topological polar surface area (TPSA) is 46.0 Å². The van der Waals surface area contributed by atoms with Crippen LogP contribution in [0.15, 0.2) is 48.2 Å². The van der Waals surface area contributed by atoms with Crippen LogP contribution in [0.25, 0.3) is 15.9 Å². The van der Waals surface area contributed by atoms with Crippen LogP contribution in [0.1, 0.15) is 11.3 Å². The Morgan fingerprint density at radius 3 is 3.05 bits per heavy atom. The normalized spacial score (nSPS) is 11.2. The van der Waals surface area contributed by atoms with E-state index in [1.54, 1.807) is 11.3 Å². The van der Waals surface area contributed by atoms with E-state index in [-0.39, 0.29) is 0 Å². The molecule has 1 aromatic carbocycles. The fourth-order valence-electron chi connectivity index (χ4n) is 2.42. The lowest BCUT2D eigenvalue weighted by molar-refractivity contribution is 0.815. The molecule has 3 aromatic heterocycles. The highest BCUT2D eigenvalue weighted by atomic mass is 32.1. The number of nitrogens with zero attached hydrogens (tertiary/aromatic N) is 4. The van der Waals surface area contributed by atoms with Crippen molar-refractivity contribution in [1.82, 2.24) is 14.0 Å². The molecule has 5 heteroatoms. The van der Waals surface area contributed by atoms with Gasteiger partial charge in [-0.3, -0.25) is 4.40 Å². The maximum atomic E-state index is 9.01. The molecule has 0 saturated carbocycles. The fraction of sp³-hybridized carbons (Fsp3) is 0.0667. The summed E-state index contributed by atoms with van der Waals surface area (Å²) < 4.78 is 4.16. The minimum Gasteiger partial charge on any atom is -0.341 e. The molecule has 0 radical (unpaired) electrons. The van der Waals surface area contributed by atoms with Crippen molar-refractivity contribution in [2.75, 3.05) is 0 Å². The number of hydrogen-bond donors (Lipinski definition) is 0. The number of fused-ring (bicyclic) bond motifs is 2. The molecule has 0 fully saturated rings. The third-order valence-electron chi connectivity index (χ3n) is 3.38. The summed E-state index contributed by atoms with van der Waals surface area (Å²) in [6.45, 7) is 0.715. The third kappa shape index (κ3) is 1.70. The van der Waals surface area contributed by atoms with Crippen LogP contribution in [-0.4, -0.2) is 14.0 Å².